The van der Waals surface area contributed by atoms with Crippen LogP contribution in [0.3, 0.4) is 0 Å². The minimum absolute atomic E-state index is 0.0514. The Kier molecular flexibility index (Phi) is 10.5. The number of likely N-dealkylation sites (N-methyl/N-ethyl adjacent to an activating group) is 1. The summed E-state index contributed by atoms with van der Waals surface area (Å²) in [6.07, 6.45) is 0.778. The van der Waals surface area contributed by atoms with E-state index in [2.05, 4.69) is 15.7 Å². The predicted molar refractivity (Wildman–Crippen MR) is 157 cm³/mol. The first-order chi connectivity index (χ1) is 20.4. The van der Waals surface area contributed by atoms with E-state index in [-0.39, 0.29) is 12.4 Å². The number of nitrogens with one attached hydrogen (secondary N) is 2. The number of para-hydroxylation sites is 1. The van der Waals surface area contributed by atoms with Crippen LogP contribution in [-0.2, 0) is 9.63 Å². The van der Waals surface area contributed by atoms with Gasteiger partial charge in [-0.05, 0) is 63.4 Å². The number of hydroxylamine groups is 2. The largest absolute Gasteiger partial charge is 0.476 e. The molecule has 232 valence electrons. The molecule has 12 heteroatoms. The molecule has 0 bridgehead atoms. The average Bonchev–Trinajstić information content (AvgIpc) is 3.52. The van der Waals surface area contributed by atoms with Crippen molar-refractivity contribution < 1.29 is 33.1 Å². The summed E-state index contributed by atoms with van der Waals surface area (Å²) in [5.74, 6) is -1.21. The average molecular weight is 600 g/mol. The van der Waals surface area contributed by atoms with Crippen molar-refractivity contribution in [3.05, 3.63) is 71.3 Å². The number of amides is 2. The number of Topliss-reactive ketones (excluding diaryl/α,β-unsaturated/α-hetero) is 1. The van der Waals surface area contributed by atoms with Gasteiger partial charge in [0.1, 0.15) is 17.7 Å². The quantitative estimate of drug-likeness (QED) is 0.230. The number of hydrogen-bond donors (Lipinski definition) is 3. The highest BCUT2D eigenvalue weighted by molar-refractivity contribution is 5.90. The number of ketones is 1. The van der Waals surface area contributed by atoms with Gasteiger partial charge in [-0.1, -0.05) is 31.2 Å². The number of anilines is 1. The second kappa shape index (κ2) is 14.1. The Labute approximate surface area is 249 Å². The third kappa shape index (κ3) is 8.59. The fraction of sp³-hybridized carbons (Fsp3) is 0.452. The van der Waals surface area contributed by atoms with Crippen LogP contribution in [0.25, 0.3) is 5.69 Å². The molecule has 2 aromatic carbocycles. The lowest BCUT2D eigenvalue weighted by atomic mass is 10.00. The number of hydrogen-bond acceptors (Lipinski definition) is 7. The van der Waals surface area contributed by atoms with E-state index >= 15 is 0 Å². The molecular weight excluding hydrogens is 560 g/mol. The van der Waals surface area contributed by atoms with E-state index in [1.807, 2.05) is 37.3 Å². The molecule has 43 heavy (non-hydrogen) atoms. The number of benzene rings is 2. The first kappa shape index (κ1) is 32.1. The Balaban J connectivity index is 1.46. The van der Waals surface area contributed by atoms with E-state index in [0.717, 1.165) is 12.1 Å². The minimum Gasteiger partial charge on any atom is -0.476 e. The van der Waals surface area contributed by atoms with Gasteiger partial charge in [0.15, 0.2) is 11.6 Å². The molecule has 1 saturated heterocycles. The Morgan fingerprint density at radius 3 is 2.56 bits per heavy atom. The van der Waals surface area contributed by atoms with E-state index in [9.17, 15) is 23.5 Å². The van der Waals surface area contributed by atoms with Gasteiger partial charge in [0.25, 0.3) is 0 Å². The van der Waals surface area contributed by atoms with E-state index < -0.39 is 35.4 Å². The molecule has 0 aliphatic carbocycles. The van der Waals surface area contributed by atoms with Crippen molar-refractivity contribution in [1.29, 1.82) is 0 Å². The lowest BCUT2D eigenvalue weighted by molar-refractivity contribution is -0.144. The maximum atomic E-state index is 14.0. The Morgan fingerprint density at radius 2 is 1.88 bits per heavy atom. The summed E-state index contributed by atoms with van der Waals surface area (Å²) < 4.78 is 35.0. The smallest absolute Gasteiger partial charge is 0.320 e. The van der Waals surface area contributed by atoms with Gasteiger partial charge in [0, 0.05) is 25.9 Å². The van der Waals surface area contributed by atoms with Crippen LogP contribution in [0.1, 0.15) is 63.7 Å². The predicted octanol–water partition coefficient (Wildman–Crippen LogP) is 5.24. The summed E-state index contributed by atoms with van der Waals surface area (Å²) in [6, 6.07) is 11.7. The van der Waals surface area contributed by atoms with E-state index in [0.29, 0.717) is 67.3 Å². The summed E-state index contributed by atoms with van der Waals surface area (Å²) in [6.45, 7) is 8.13. The number of rotatable bonds is 13. The van der Waals surface area contributed by atoms with Gasteiger partial charge >= 0.3 is 6.03 Å². The zero-order valence-corrected chi connectivity index (χ0v) is 24.9. The van der Waals surface area contributed by atoms with E-state index in [1.165, 1.54) is 6.07 Å². The Bertz CT molecular complexity index is 1410. The zero-order chi connectivity index (χ0) is 31.1. The zero-order valence-electron chi connectivity index (χ0n) is 24.9. The van der Waals surface area contributed by atoms with Gasteiger partial charge in [-0.3, -0.25) is 14.9 Å². The van der Waals surface area contributed by atoms with Crippen molar-refractivity contribution in [3.8, 4) is 11.6 Å². The number of carbonyl (C=O) groups is 2. The maximum Gasteiger partial charge on any atom is 0.320 e. The topological polar surface area (TPSA) is 118 Å². The molecule has 2 amide bonds. The SMILES string of the molecule is CCN1C[C@@H](NC(=O)Nc2c(C)c(OCCCC(=O)CCC(C)(C)O)nn2-c2ccccc2)[C@H](c2ccc(F)c(F)c2)O1. The molecule has 3 N–H and O–H groups in total. The fourth-order valence-corrected chi connectivity index (χ4v) is 4.74. The van der Waals surface area contributed by atoms with Crippen LogP contribution in [-0.4, -0.2) is 63.1 Å². The van der Waals surface area contributed by atoms with E-state index in [1.54, 1.807) is 30.5 Å². The number of ether oxygens (including phenoxy) is 1. The van der Waals surface area contributed by atoms with Gasteiger partial charge in [-0.25, -0.2) is 18.3 Å². The van der Waals surface area contributed by atoms with E-state index in [4.69, 9.17) is 9.57 Å². The van der Waals surface area contributed by atoms with Crippen LogP contribution in [0.2, 0.25) is 0 Å². The molecular formula is C31H39F2N5O5. The minimum atomic E-state index is -0.993. The number of nitrogens with zero attached hydrogens (tertiary/aromatic N) is 3. The maximum absolute atomic E-state index is 14.0. The second-order valence-electron chi connectivity index (χ2n) is 11.2. The highest BCUT2D eigenvalue weighted by Gasteiger charge is 2.36. The van der Waals surface area contributed by atoms with Crippen LogP contribution in [0.5, 0.6) is 5.88 Å². The third-order valence-corrected chi connectivity index (χ3v) is 7.14. The summed E-state index contributed by atoms with van der Waals surface area (Å²) in [5, 5.41) is 21.8. The molecule has 0 radical (unpaired) electrons. The molecule has 0 unspecified atom stereocenters. The monoisotopic (exact) mass is 599 g/mol. The molecule has 0 saturated carbocycles. The van der Waals surface area contributed by atoms with Crippen LogP contribution in [0.4, 0.5) is 19.4 Å². The molecule has 1 aliphatic rings. The first-order valence-corrected chi connectivity index (χ1v) is 14.4. The Hall–Kier alpha value is -3.87. The van der Waals surface area contributed by atoms with Gasteiger partial charge < -0.3 is 15.2 Å². The molecule has 10 nitrogen and oxygen atoms in total. The number of halogens is 2. The van der Waals surface area contributed by atoms with Crippen molar-refractivity contribution in [3.63, 3.8) is 0 Å². The molecule has 4 rings (SSSR count). The van der Waals surface area contributed by atoms with Crippen molar-refractivity contribution in [2.75, 3.05) is 25.0 Å². The fourth-order valence-electron chi connectivity index (χ4n) is 4.74. The Morgan fingerprint density at radius 1 is 1.14 bits per heavy atom. The van der Waals surface area contributed by atoms with Gasteiger partial charge in [0.2, 0.25) is 5.88 Å². The van der Waals surface area contributed by atoms with Crippen LogP contribution < -0.4 is 15.4 Å². The molecule has 3 aromatic rings. The molecule has 2 atom stereocenters. The third-order valence-electron chi connectivity index (χ3n) is 7.14. The summed E-state index contributed by atoms with van der Waals surface area (Å²) in [5.41, 5.74) is 0.796. The number of aromatic nitrogens is 2. The lowest BCUT2D eigenvalue weighted by Crippen LogP contribution is -2.42. The van der Waals surface area contributed by atoms with Gasteiger partial charge in [-0.2, -0.15) is 5.06 Å². The van der Waals surface area contributed by atoms with Crippen molar-refractivity contribution >= 4 is 17.6 Å². The summed E-state index contributed by atoms with van der Waals surface area (Å²) >= 11 is 0. The standard InChI is InChI=1S/C31H39F2N5O5/c1-5-37-19-26(27(43-37)21-13-14-24(32)25(33)18-21)34-30(40)35-28-20(2)29(36-38(28)22-10-7-6-8-11-22)42-17-9-12-23(39)15-16-31(3,4)41/h6-8,10-11,13-14,18,26-27,41H,5,9,12,15-17,19H2,1-4H3,(H2,34,35,40)/t26-,27+/m1/s1. The highest BCUT2D eigenvalue weighted by Crippen LogP contribution is 2.31. The van der Waals surface area contributed by atoms with Gasteiger partial charge in [-0.15, -0.1) is 5.10 Å². The van der Waals surface area contributed by atoms with Crippen LogP contribution in [0.15, 0.2) is 48.5 Å². The number of carbonyl (C=O) groups excluding carboxylic acids is 2. The lowest BCUT2D eigenvalue weighted by Gasteiger charge is -2.19. The van der Waals surface area contributed by atoms with Crippen LogP contribution in [0, 0.1) is 18.6 Å². The molecule has 2 heterocycles. The van der Waals surface area contributed by atoms with Crippen LogP contribution >= 0.6 is 0 Å². The van der Waals surface area contributed by atoms with Gasteiger partial charge in [0.05, 0.1) is 29.5 Å². The molecule has 1 aliphatic heterocycles. The molecule has 1 aromatic heterocycles. The summed E-state index contributed by atoms with van der Waals surface area (Å²) in [4.78, 5) is 31.4. The number of urea groups is 1. The summed E-state index contributed by atoms with van der Waals surface area (Å²) in [7, 11) is 0. The molecule has 1 fully saturated rings. The number of aliphatic hydroxyl groups is 1. The van der Waals surface area contributed by atoms with Crippen molar-refractivity contribution in [2.24, 2.45) is 0 Å². The second-order valence-corrected chi connectivity index (χ2v) is 11.2. The van der Waals surface area contributed by atoms with Crippen molar-refractivity contribution in [1.82, 2.24) is 20.2 Å². The first-order valence-electron chi connectivity index (χ1n) is 14.4. The molecule has 0 spiro atoms. The normalized spacial score (nSPS) is 17.2. The highest BCUT2D eigenvalue weighted by atomic mass is 19.2. The van der Waals surface area contributed by atoms with Crippen molar-refractivity contribution in [2.45, 2.75) is 71.1 Å².